The molecule has 0 amide bonds. The van der Waals surface area contributed by atoms with Crippen molar-refractivity contribution >= 4 is 71.6 Å². The summed E-state index contributed by atoms with van der Waals surface area (Å²) in [6, 6.07) is 35.2. The Morgan fingerprint density at radius 2 is 1.47 bits per heavy atom. The second-order valence-corrected chi connectivity index (χ2v) is 15.4. The van der Waals surface area contributed by atoms with Gasteiger partial charge >= 0.3 is 0 Å². The highest BCUT2D eigenvalue weighted by molar-refractivity contribution is 7.98. The molecule has 5 aromatic rings. The molecule has 0 bridgehead atoms. The Morgan fingerprint density at radius 1 is 0.844 bits per heavy atom. The van der Waals surface area contributed by atoms with E-state index in [9.17, 15) is 0 Å². The highest BCUT2D eigenvalue weighted by atomic mass is 35.5. The van der Waals surface area contributed by atoms with Gasteiger partial charge in [0.05, 0.1) is 21.8 Å². The lowest BCUT2D eigenvalue weighted by molar-refractivity contribution is 0.0897. The Hall–Kier alpha value is -3.33. The molecule has 1 aromatic heterocycles. The summed E-state index contributed by atoms with van der Waals surface area (Å²) in [4.78, 5) is 9.30. The number of halogens is 2. The van der Waals surface area contributed by atoms with E-state index in [-0.39, 0.29) is 11.5 Å². The number of rotatable bonds is 12. The van der Waals surface area contributed by atoms with Crippen LogP contribution in [0.15, 0.2) is 114 Å². The van der Waals surface area contributed by atoms with Crippen LogP contribution in [0.4, 0.5) is 17.2 Å². The summed E-state index contributed by atoms with van der Waals surface area (Å²) in [5, 5.41) is 11.2. The molecule has 0 spiro atoms. The molecule has 1 unspecified atom stereocenters. The molecule has 1 atom stereocenters. The average Bonchev–Trinajstić information content (AvgIpc) is 3.04. The molecule has 0 aliphatic heterocycles. The van der Waals surface area contributed by atoms with E-state index in [1.54, 1.807) is 0 Å². The van der Waals surface area contributed by atoms with E-state index >= 15 is 0 Å². The van der Waals surface area contributed by atoms with Gasteiger partial charge in [0.1, 0.15) is 5.82 Å². The number of anilines is 3. The van der Waals surface area contributed by atoms with Crippen LogP contribution < -0.4 is 21.0 Å². The van der Waals surface area contributed by atoms with Gasteiger partial charge in [-0.25, -0.2) is 9.97 Å². The molecule has 1 radical (unpaired) electrons. The quantitative estimate of drug-likeness (QED) is 0.0787. The standard InChI is InChI=1S/C36H37Cl2N4OSSi/c1-36(2,3)32(43-45(28-15-7-5-8-16-28)29-17-9-6-10-18-29)22-25-13-11-14-27(21-25)41-34-26(24-40-35(42-34)44-4)23-39-33-30(37)19-12-20-31(33)38/h5-21,24,32,39H,22-23H2,1-4H3,(H,40,41,42). The molecule has 45 heavy (non-hydrogen) atoms. The molecule has 5 nitrogen and oxygen atoms in total. The lowest BCUT2D eigenvalue weighted by Crippen LogP contribution is -2.50. The number of nitrogens with one attached hydrogen (secondary N) is 2. The minimum atomic E-state index is -1.47. The fourth-order valence-electron chi connectivity index (χ4n) is 4.85. The Labute approximate surface area is 282 Å². The van der Waals surface area contributed by atoms with E-state index in [1.165, 1.54) is 27.7 Å². The zero-order valence-electron chi connectivity index (χ0n) is 25.9. The van der Waals surface area contributed by atoms with Gasteiger partial charge in [-0.3, -0.25) is 0 Å². The van der Waals surface area contributed by atoms with E-state index in [0.717, 1.165) is 23.5 Å². The van der Waals surface area contributed by atoms with Gasteiger partial charge in [0.2, 0.25) is 0 Å². The second kappa shape index (κ2) is 15.3. The van der Waals surface area contributed by atoms with Crippen LogP contribution in [0.3, 0.4) is 0 Å². The van der Waals surface area contributed by atoms with Gasteiger partial charge in [0.15, 0.2) is 5.16 Å². The minimum Gasteiger partial charge on any atom is -0.403 e. The van der Waals surface area contributed by atoms with E-state index in [2.05, 4.69) is 121 Å². The van der Waals surface area contributed by atoms with Gasteiger partial charge < -0.3 is 15.1 Å². The van der Waals surface area contributed by atoms with Crippen molar-refractivity contribution in [2.75, 3.05) is 16.9 Å². The maximum atomic E-state index is 7.12. The number of para-hydroxylation sites is 1. The predicted molar refractivity (Wildman–Crippen MR) is 193 cm³/mol. The van der Waals surface area contributed by atoms with Gasteiger partial charge in [-0.1, -0.05) is 135 Å². The lowest BCUT2D eigenvalue weighted by Gasteiger charge is -2.34. The van der Waals surface area contributed by atoms with Crippen LogP contribution >= 0.6 is 35.0 Å². The largest absolute Gasteiger partial charge is 0.403 e. The van der Waals surface area contributed by atoms with E-state index in [1.807, 2.05) is 30.7 Å². The Balaban J connectivity index is 1.38. The maximum absolute atomic E-state index is 7.12. The van der Waals surface area contributed by atoms with Crippen molar-refractivity contribution in [3.63, 3.8) is 0 Å². The second-order valence-electron chi connectivity index (χ2n) is 11.7. The van der Waals surface area contributed by atoms with Crippen molar-refractivity contribution in [1.82, 2.24) is 9.97 Å². The van der Waals surface area contributed by atoms with Crippen LogP contribution in [0.2, 0.25) is 10.0 Å². The molecule has 5 rings (SSSR count). The first-order valence-electron chi connectivity index (χ1n) is 14.8. The molecule has 1 heterocycles. The Morgan fingerprint density at radius 3 is 2.07 bits per heavy atom. The highest BCUT2D eigenvalue weighted by Gasteiger charge is 2.31. The minimum absolute atomic E-state index is 0.00988. The number of benzene rings is 4. The van der Waals surface area contributed by atoms with Crippen LogP contribution in [0.25, 0.3) is 0 Å². The third kappa shape index (κ3) is 8.90. The summed E-state index contributed by atoms with van der Waals surface area (Å²) in [6.07, 6.45) is 4.56. The molecule has 2 N–H and O–H groups in total. The van der Waals surface area contributed by atoms with Crippen molar-refractivity contribution in [2.24, 2.45) is 5.41 Å². The highest BCUT2D eigenvalue weighted by Crippen LogP contribution is 2.32. The van der Waals surface area contributed by atoms with Gasteiger partial charge in [0.25, 0.3) is 9.04 Å². The lowest BCUT2D eigenvalue weighted by atomic mass is 9.85. The van der Waals surface area contributed by atoms with Crippen molar-refractivity contribution in [3.05, 3.63) is 130 Å². The summed E-state index contributed by atoms with van der Waals surface area (Å²) < 4.78 is 7.12. The third-order valence-corrected chi connectivity index (χ3v) is 10.8. The van der Waals surface area contributed by atoms with Crippen molar-refractivity contribution in [3.8, 4) is 0 Å². The fourth-order valence-corrected chi connectivity index (χ4v) is 8.04. The first-order valence-corrected chi connectivity index (χ1v) is 18.2. The molecule has 0 saturated heterocycles. The molecule has 231 valence electrons. The van der Waals surface area contributed by atoms with Crippen LogP contribution in [0, 0.1) is 5.41 Å². The monoisotopic (exact) mass is 671 g/mol. The van der Waals surface area contributed by atoms with E-state index in [4.69, 9.17) is 32.6 Å². The van der Waals surface area contributed by atoms with Crippen molar-refractivity contribution in [1.29, 1.82) is 0 Å². The first kappa shape index (κ1) is 33.0. The van der Waals surface area contributed by atoms with Crippen molar-refractivity contribution < 1.29 is 4.43 Å². The maximum Gasteiger partial charge on any atom is 0.283 e. The van der Waals surface area contributed by atoms with Crippen LogP contribution in [-0.2, 0) is 17.4 Å². The Bertz CT molecular complexity index is 1640. The first-order chi connectivity index (χ1) is 21.7. The third-order valence-electron chi connectivity index (χ3n) is 7.35. The Kier molecular flexibility index (Phi) is 11.2. The number of aromatic nitrogens is 2. The van der Waals surface area contributed by atoms with Crippen LogP contribution in [0.1, 0.15) is 31.9 Å². The zero-order valence-corrected chi connectivity index (χ0v) is 29.2. The molecular weight excluding hydrogens is 635 g/mol. The van der Waals surface area contributed by atoms with Crippen LogP contribution in [-0.4, -0.2) is 31.4 Å². The average molecular weight is 673 g/mol. The molecule has 9 heteroatoms. The van der Waals surface area contributed by atoms with Crippen LogP contribution in [0.5, 0.6) is 0 Å². The molecule has 4 aromatic carbocycles. The van der Waals surface area contributed by atoms with E-state index < -0.39 is 9.04 Å². The summed E-state index contributed by atoms with van der Waals surface area (Å²) in [5.74, 6) is 0.726. The predicted octanol–water partition coefficient (Wildman–Crippen LogP) is 8.64. The zero-order chi connectivity index (χ0) is 31.8. The molecule has 0 aliphatic carbocycles. The number of nitrogens with zero attached hydrogens (tertiary/aromatic N) is 2. The summed E-state index contributed by atoms with van der Waals surface area (Å²) in [6.45, 7) is 7.21. The number of hydrogen-bond acceptors (Lipinski definition) is 6. The summed E-state index contributed by atoms with van der Waals surface area (Å²) >= 11 is 14.3. The van der Waals surface area contributed by atoms with Gasteiger partial charge in [-0.2, -0.15) is 0 Å². The topological polar surface area (TPSA) is 59.1 Å². The van der Waals surface area contributed by atoms with Gasteiger partial charge in [-0.05, 0) is 58.3 Å². The van der Waals surface area contributed by atoms with E-state index in [0.29, 0.717) is 27.4 Å². The van der Waals surface area contributed by atoms with Gasteiger partial charge in [0, 0.05) is 24.0 Å². The number of hydrogen-bond donors (Lipinski definition) is 2. The molecular formula is C36H37Cl2N4OSSi. The normalized spacial score (nSPS) is 12.2. The number of thioether (sulfide) groups is 1. The molecule has 0 saturated carbocycles. The van der Waals surface area contributed by atoms with Gasteiger partial charge in [-0.15, -0.1) is 0 Å². The smallest absolute Gasteiger partial charge is 0.283 e. The SMILES string of the molecule is CSc1ncc(CNc2c(Cl)cccc2Cl)c(Nc2cccc(CC(O[Si](c3ccccc3)c3ccccc3)C(C)(C)C)c2)n1. The van der Waals surface area contributed by atoms with Crippen molar-refractivity contribution in [2.45, 2.75) is 45.0 Å². The molecule has 0 aliphatic rings. The fraction of sp³-hybridized carbons (Fsp3) is 0.222. The summed E-state index contributed by atoms with van der Waals surface area (Å²) in [7, 11) is -1.47. The molecule has 0 fully saturated rings. The summed E-state index contributed by atoms with van der Waals surface area (Å²) in [5.41, 5.74) is 3.62.